The van der Waals surface area contributed by atoms with Crippen LogP contribution in [0.25, 0.3) is 0 Å². The van der Waals surface area contributed by atoms with Gasteiger partial charge in [0, 0.05) is 24.8 Å². The number of hydrogen-bond acceptors (Lipinski definition) is 3. The second kappa shape index (κ2) is 8.49. The van der Waals surface area contributed by atoms with Crippen LogP contribution in [0, 0.1) is 5.92 Å². The first-order chi connectivity index (χ1) is 10.7. The minimum Gasteiger partial charge on any atom is -0.491 e. The van der Waals surface area contributed by atoms with Crippen molar-refractivity contribution in [1.82, 2.24) is 0 Å². The molecule has 6 heteroatoms. The molecule has 122 valence electrons. The largest absolute Gasteiger partial charge is 0.491 e. The maximum Gasteiger partial charge on any atom is 0.335 e. The van der Waals surface area contributed by atoms with Crippen molar-refractivity contribution in [1.29, 1.82) is 0 Å². The highest BCUT2D eigenvalue weighted by Gasteiger charge is 2.20. The zero-order valence-electron chi connectivity index (χ0n) is 12.4. The van der Waals surface area contributed by atoms with Crippen LogP contribution in [0.2, 0.25) is 0 Å². The summed E-state index contributed by atoms with van der Waals surface area (Å²) < 4.78 is 5.91. The molecule has 1 N–H and O–H groups in total. The second-order valence-corrected chi connectivity index (χ2v) is 6.22. The summed E-state index contributed by atoms with van der Waals surface area (Å²) in [6.45, 7) is 1.91. The molecule has 0 heterocycles. The summed E-state index contributed by atoms with van der Waals surface area (Å²) in [6, 6.07) is 4.95. The van der Waals surface area contributed by atoms with Gasteiger partial charge in [0.05, 0.1) is 17.9 Å². The van der Waals surface area contributed by atoms with Crippen LogP contribution in [0.1, 0.15) is 29.6 Å². The van der Waals surface area contributed by atoms with Gasteiger partial charge in [0.25, 0.3) is 0 Å². The summed E-state index contributed by atoms with van der Waals surface area (Å²) in [7, 11) is 0. The molecule has 1 aliphatic carbocycles. The zero-order chi connectivity index (χ0) is 15.9. The number of rotatable bonds is 9. The van der Waals surface area contributed by atoms with Gasteiger partial charge in [0.15, 0.2) is 0 Å². The predicted octanol–water partition coefficient (Wildman–Crippen LogP) is 3.85. The van der Waals surface area contributed by atoms with Crippen molar-refractivity contribution in [2.75, 3.05) is 36.4 Å². The summed E-state index contributed by atoms with van der Waals surface area (Å²) in [4.78, 5) is 13.2. The number of carboxylic acids is 1. The number of halogens is 2. The number of nitrogens with zero attached hydrogens (tertiary/aromatic N) is 1. The Kier molecular flexibility index (Phi) is 6.65. The van der Waals surface area contributed by atoms with E-state index in [9.17, 15) is 4.79 Å². The molecule has 1 aliphatic rings. The molecule has 1 aromatic rings. The van der Waals surface area contributed by atoms with Gasteiger partial charge in [-0.25, -0.2) is 4.79 Å². The van der Waals surface area contributed by atoms with Crippen LogP contribution in [0.15, 0.2) is 18.2 Å². The van der Waals surface area contributed by atoms with Gasteiger partial charge in [-0.2, -0.15) is 0 Å². The fourth-order valence-electron chi connectivity index (χ4n) is 2.45. The number of carbonyl (C=O) groups is 1. The van der Waals surface area contributed by atoms with E-state index in [2.05, 4.69) is 0 Å². The highest BCUT2D eigenvalue weighted by Crippen LogP contribution is 2.33. The average molecular weight is 346 g/mol. The van der Waals surface area contributed by atoms with E-state index in [1.807, 2.05) is 4.90 Å². The minimum atomic E-state index is -0.957. The molecule has 2 rings (SSSR count). The van der Waals surface area contributed by atoms with E-state index >= 15 is 0 Å². The summed E-state index contributed by atoms with van der Waals surface area (Å²) in [5.41, 5.74) is 1.08. The molecule has 1 fully saturated rings. The van der Waals surface area contributed by atoms with Crippen molar-refractivity contribution in [2.24, 2.45) is 5.92 Å². The molecule has 0 atom stereocenters. The fraction of sp³-hybridized carbons (Fsp3) is 0.562. The molecule has 4 nitrogen and oxygen atoms in total. The van der Waals surface area contributed by atoms with Gasteiger partial charge < -0.3 is 14.7 Å². The first-order valence-electron chi connectivity index (χ1n) is 7.52. The van der Waals surface area contributed by atoms with Crippen molar-refractivity contribution in [2.45, 2.75) is 19.3 Å². The lowest BCUT2D eigenvalue weighted by molar-refractivity contribution is 0.0696. The van der Waals surface area contributed by atoms with Crippen LogP contribution in [-0.2, 0) is 0 Å². The van der Waals surface area contributed by atoms with Crippen LogP contribution in [0.4, 0.5) is 5.69 Å². The quantitative estimate of drug-likeness (QED) is 0.690. The van der Waals surface area contributed by atoms with Crippen molar-refractivity contribution in [3.63, 3.8) is 0 Å². The smallest absolute Gasteiger partial charge is 0.335 e. The first kappa shape index (κ1) is 17.2. The minimum absolute atomic E-state index is 0.226. The third kappa shape index (κ3) is 4.43. The lowest BCUT2D eigenvalue weighted by atomic mass is 9.86. The lowest BCUT2D eigenvalue weighted by Gasteiger charge is -2.28. The monoisotopic (exact) mass is 345 g/mol. The number of ether oxygens (including phenoxy) is 1. The van der Waals surface area contributed by atoms with Crippen LogP contribution in [0.5, 0.6) is 5.75 Å². The molecular formula is C16H21Cl2NO3. The van der Waals surface area contributed by atoms with Crippen LogP contribution < -0.4 is 9.64 Å². The van der Waals surface area contributed by atoms with Crippen LogP contribution >= 0.6 is 23.2 Å². The van der Waals surface area contributed by atoms with E-state index in [0.29, 0.717) is 43.1 Å². The Morgan fingerprint density at radius 2 is 1.95 bits per heavy atom. The Morgan fingerprint density at radius 1 is 1.27 bits per heavy atom. The molecule has 0 bridgehead atoms. The van der Waals surface area contributed by atoms with E-state index in [0.717, 1.165) is 5.69 Å². The maximum atomic E-state index is 11.2. The molecule has 22 heavy (non-hydrogen) atoms. The molecule has 0 spiro atoms. The van der Waals surface area contributed by atoms with Crippen molar-refractivity contribution in [3.8, 4) is 5.75 Å². The molecule has 1 aromatic carbocycles. The number of aromatic carboxylic acids is 1. The van der Waals surface area contributed by atoms with Gasteiger partial charge in [-0.15, -0.1) is 23.2 Å². The van der Waals surface area contributed by atoms with Gasteiger partial charge in [-0.3, -0.25) is 0 Å². The molecule has 0 radical (unpaired) electrons. The predicted molar refractivity (Wildman–Crippen MR) is 89.9 cm³/mol. The van der Waals surface area contributed by atoms with Crippen LogP contribution in [0.3, 0.4) is 0 Å². The number of alkyl halides is 2. The Morgan fingerprint density at radius 3 is 2.45 bits per heavy atom. The number of benzene rings is 1. The van der Waals surface area contributed by atoms with Crippen molar-refractivity contribution >= 4 is 34.9 Å². The third-order valence-corrected chi connectivity index (χ3v) is 4.29. The van der Waals surface area contributed by atoms with Gasteiger partial charge in [-0.05, 0) is 37.0 Å². The Balaban J connectivity index is 2.21. The number of hydrogen-bond donors (Lipinski definition) is 1. The SMILES string of the molecule is O=C(O)c1ccc(N(CCCl)CCCl)c(OCC2CCC2)c1. The lowest BCUT2D eigenvalue weighted by Crippen LogP contribution is -2.28. The fourth-order valence-corrected chi connectivity index (χ4v) is 2.86. The van der Waals surface area contributed by atoms with Crippen LogP contribution in [-0.4, -0.2) is 42.5 Å². The maximum absolute atomic E-state index is 11.2. The summed E-state index contributed by atoms with van der Waals surface area (Å²) in [5, 5.41) is 9.17. The standard InChI is InChI=1S/C16H21Cl2NO3/c17-6-8-19(9-7-18)14-5-4-13(16(20)21)10-15(14)22-11-12-2-1-3-12/h4-5,10,12H,1-3,6-9,11H2,(H,20,21). The zero-order valence-corrected chi connectivity index (χ0v) is 13.9. The molecule has 0 amide bonds. The van der Waals surface area contributed by atoms with E-state index in [1.54, 1.807) is 18.2 Å². The summed E-state index contributed by atoms with van der Waals surface area (Å²) >= 11 is 11.7. The Bertz CT molecular complexity index is 500. The van der Waals surface area contributed by atoms with Gasteiger partial charge in [-0.1, -0.05) is 6.42 Å². The second-order valence-electron chi connectivity index (χ2n) is 5.46. The summed E-state index contributed by atoms with van der Waals surface area (Å²) in [5.74, 6) is 1.17. The van der Waals surface area contributed by atoms with Crippen molar-refractivity contribution < 1.29 is 14.6 Å². The highest BCUT2D eigenvalue weighted by atomic mass is 35.5. The molecule has 0 aliphatic heterocycles. The summed E-state index contributed by atoms with van der Waals surface area (Å²) in [6.07, 6.45) is 3.61. The van der Waals surface area contributed by atoms with Gasteiger partial charge in [0.1, 0.15) is 5.75 Å². The molecule has 1 saturated carbocycles. The van der Waals surface area contributed by atoms with E-state index in [4.69, 9.17) is 33.0 Å². The Hall–Kier alpha value is -1.13. The Labute approximate surface area is 141 Å². The van der Waals surface area contributed by atoms with Crippen molar-refractivity contribution in [3.05, 3.63) is 23.8 Å². The van der Waals surface area contributed by atoms with Gasteiger partial charge >= 0.3 is 5.97 Å². The first-order valence-corrected chi connectivity index (χ1v) is 8.59. The molecular weight excluding hydrogens is 325 g/mol. The number of anilines is 1. The molecule has 0 saturated heterocycles. The van der Waals surface area contributed by atoms with E-state index in [1.165, 1.54) is 19.3 Å². The van der Waals surface area contributed by atoms with Gasteiger partial charge in [0.2, 0.25) is 0 Å². The average Bonchev–Trinajstić information content (AvgIpc) is 2.45. The normalized spacial score (nSPS) is 14.5. The highest BCUT2D eigenvalue weighted by molar-refractivity contribution is 6.18. The molecule has 0 aromatic heterocycles. The molecule has 0 unspecified atom stereocenters. The number of carboxylic acid groups (broad SMARTS) is 1. The topological polar surface area (TPSA) is 49.8 Å². The van der Waals surface area contributed by atoms with E-state index < -0.39 is 5.97 Å². The third-order valence-electron chi connectivity index (χ3n) is 3.96. The van der Waals surface area contributed by atoms with E-state index in [-0.39, 0.29) is 5.56 Å².